The molecule has 2 aromatic rings. The van der Waals surface area contributed by atoms with Crippen molar-refractivity contribution in [2.45, 2.75) is 72.6 Å². The quantitative estimate of drug-likeness (QED) is 0.300. The molecule has 2 fully saturated rings. The number of aromatic nitrogens is 2. The third-order valence-electron chi connectivity index (χ3n) is 5.58. The minimum Gasteiger partial charge on any atom is -0.317 e. The zero-order valence-electron chi connectivity index (χ0n) is 17.0. The van der Waals surface area contributed by atoms with Gasteiger partial charge in [0.25, 0.3) is 0 Å². The van der Waals surface area contributed by atoms with E-state index in [0.717, 1.165) is 28.0 Å². The second-order valence-electron chi connectivity index (χ2n) is 7.82. The van der Waals surface area contributed by atoms with Gasteiger partial charge in [0, 0.05) is 5.56 Å². The predicted molar refractivity (Wildman–Crippen MR) is 110 cm³/mol. The maximum absolute atomic E-state index is 4.60. The molecule has 2 aliphatic rings. The number of rotatable bonds is 0. The first kappa shape index (κ1) is 21.9. The minimum absolute atomic E-state index is 0. The fourth-order valence-electron chi connectivity index (χ4n) is 3.66. The molecule has 0 N–H and O–H groups in total. The maximum Gasteiger partial charge on any atom is 2.00 e. The number of hydrogen-bond acceptors (Lipinski definition) is 2. The summed E-state index contributed by atoms with van der Waals surface area (Å²) >= 11 is 0. The second-order valence-corrected chi connectivity index (χ2v) is 7.82. The summed E-state index contributed by atoms with van der Waals surface area (Å²) < 4.78 is 0. The molecule has 1 aromatic carbocycles. The molecule has 2 nitrogen and oxygen atoms in total. The molecule has 0 saturated heterocycles. The molecule has 27 heavy (non-hydrogen) atoms. The van der Waals surface area contributed by atoms with Crippen molar-refractivity contribution >= 4 is 11.0 Å². The van der Waals surface area contributed by atoms with Gasteiger partial charge in [-0.2, -0.15) is 33.1 Å². The smallest absolute Gasteiger partial charge is 0.317 e. The van der Waals surface area contributed by atoms with Gasteiger partial charge in [-0.1, -0.05) is 31.6 Å². The van der Waals surface area contributed by atoms with Crippen LogP contribution in [0.1, 0.15) is 75.7 Å². The predicted octanol–water partition coefficient (Wildman–Crippen LogP) is 6.14. The van der Waals surface area contributed by atoms with E-state index in [-0.39, 0.29) is 17.1 Å². The summed E-state index contributed by atoms with van der Waals surface area (Å²) in [5.41, 5.74) is 4.90. The molecular formula is C24H30FeN2. The van der Waals surface area contributed by atoms with Crippen LogP contribution >= 0.6 is 0 Å². The van der Waals surface area contributed by atoms with Crippen LogP contribution in [0.5, 0.6) is 0 Å². The Labute approximate surface area is 175 Å². The summed E-state index contributed by atoms with van der Waals surface area (Å²) in [5.74, 6) is 10.4. The Morgan fingerprint density at radius 2 is 1.59 bits per heavy atom. The number of benzene rings is 1. The standard InChI is InChI=1S/C18H19N2.C6H11.Fe/c1-12-5-4-6-16(12)9-7-15-8-10-17-18(11-15)20-14(3)13(2)19-17;1-6-4-2-3-5-6;/h8,10-11,16H,4-6H2,1-3H3;2-5H2,1H3;/q2*-1;+2. The third kappa shape index (κ3) is 6.06. The van der Waals surface area contributed by atoms with Gasteiger partial charge in [0.1, 0.15) is 0 Å². The largest absolute Gasteiger partial charge is 2.00 e. The van der Waals surface area contributed by atoms with E-state index in [1.54, 1.807) is 5.92 Å². The van der Waals surface area contributed by atoms with Crippen LogP contribution in [0.15, 0.2) is 18.2 Å². The Hall–Kier alpha value is -1.36. The molecule has 1 aromatic heterocycles. The molecule has 2 aliphatic carbocycles. The van der Waals surface area contributed by atoms with E-state index in [1.165, 1.54) is 50.9 Å². The van der Waals surface area contributed by atoms with Gasteiger partial charge >= 0.3 is 17.1 Å². The Morgan fingerprint density at radius 3 is 2.15 bits per heavy atom. The number of aryl methyl sites for hydroxylation is 2. The summed E-state index contributed by atoms with van der Waals surface area (Å²) in [6, 6.07) is 6.11. The van der Waals surface area contributed by atoms with E-state index >= 15 is 0 Å². The molecule has 0 radical (unpaired) electrons. The van der Waals surface area contributed by atoms with Crippen LogP contribution in [0.4, 0.5) is 0 Å². The van der Waals surface area contributed by atoms with Crippen molar-refractivity contribution in [1.29, 1.82) is 0 Å². The van der Waals surface area contributed by atoms with Crippen LogP contribution in [0, 0.1) is 43.4 Å². The second kappa shape index (κ2) is 10.3. The van der Waals surface area contributed by atoms with Crippen molar-refractivity contribution < 1.29 is 17.1 Å². The van der Waals surface area contributed by atoms with Crippen molar-refractivity contribution in [2.75, 3.05) is 0 Å². The number of hydrogen-bond donors (Lipinski definition) is 0. The average molecular weight is 402 g/mol. The van der Waals surface area contributed by atoms with Crippen LogP contribution in [0.2, 0.25) is 0 Å². The van der Waals surface area contributed by atoms with Gasteiger partial charge in [-0.15, -0.1) is 11.8 Å². The zero-order valence-corrected chi connectivity index (χ0v) is 18.1. The summed E-state index contributed by atoms with van der Waals surface area (Å²) in [7, 11) is 0. The van der Waals surface area contributed by atoms with E-state index in [9.17, 15) is 0 Å². The first-order chi connectivity index (χ1) is 12.5. The van der Waals surface area contributed by atoms with Crippen molar-refractivity contribution in [3.63, 3.8) is 0 Å². The molecule has 1 heterocycles. The van der Waals surface area contributed by atoms with Gasteiger partial charge in [0.15, 0.2) is 0 Å². The minimum atomic E-state index is 0. The molecule has 0 aliphatic heterocycles. The van der Waals surface area contributed by atoms with Gasteiger partial charge in [-0.25, -0.2) is 9.97 Å². The van der Waals surface area contributed by atoms with E-state index in [1.807, 2.05) is 32.0 Å². The molecule has 0 spiro atoms. The Morgan fingerprint density at radius 1 is 0.926 bits per heavy atom. The molecular weight excluding hydrogens is 372 g/mol. The average Bonchev–Trinajstić information content (AvgIpc) is 3.26. The van der Waals surface area contributed by atoms with Gasteiger partial charge in [-0.3, -0.25) is 0 Å². The van der Waals surface area contributed by atoms with E-state index in [0.29, 0.717) is 5.92 Å². The van der Waals surface area contributed by atoms with Crippen molar-refractivity contribution in [3.05, 3.63) is 47.0 Å². The van der Waals surface area contributed by atoms with Gasteiger partial charge in [-0.05, 0) is 32.0 Å². The van der Waals surface area contributed by atoms with Crippen molar-refractivity contribution in [1.82, 2.24) is 9.97 Å². The summed E-state index contributed by atoms with van der Waals surface area (Å²) in [5, 5.41) is 0. The molecule has 4 rings (SSSR count). The zero-order chi connectivity index (χ0) is 18.5. The fraction of sp³-hybridized carbons (Fsp3) is 0.500. The first-order valence-corrected chi connectivity index (χ1v) is 9.93. The topological polar surface area (TPSA) is 25.8 Å². The summed E-state index contributed by atoms with van der Waals surface area (Å²) in [6.07, 6.45) is 9.44. The van der Waals surface area contributed by atoms with E-state index in [4.69, 9.17) is 0 Å². The van der Waals surface area contributed by atoms with Crippen molar-refractivity contribution in [2.24, 2.45) is 5.92 Å². The monoisotopic (exact) mass is 402 g/mol. The van der Waals surface area contributed by atoms with Crippen LogP contribution in [-0.2, 0) is 17.1 Å². The fourth-order valence-corrected chi connectivity index (χ4v) is 3.66. The molecule has 0 amide bonds. The van der Waals surface area contributed by atoms with Crippen LogP contribution in [0.3, 0.4) is 0 Å². The van der Waals surface area contributed by atoms with Crippen LogP contribution in [0.25, 0.3) is 11.0 Å². The molecule has 1 unspecified atom stereocenters. The normalized spacial score (nSPS) is 19.8. The molecule has 2 saturated carbocycles. The Kier molecular flexibility index (Phi) is 8.33. The number of nitrogens with zero attached hydrogens (tertiary/aromatic N) is 2. The molecule has 144 valence electrons. The molecule has 3 heteroatoms. The summed E-state index contributed by atoms with van der Waals surface area (Å²) in [6.45, 7) is 8.47. The third-order valence-corrected chi connectivity index (χ3v) is 5.58. The summed E-state index contributed by atoms with van der Waals surface area (Å²) in [4.78, 5) is 9.15. The molecule has 1 atom stereocenters. The Bertz CT molecular complexity index is 812. The van der Waals surface area contributed by atoms with Crippen LogP contribution < -0.4 is 0 Å². The SMILES string of the molecule is C[C-]1CCCC1.Cc1nc2ccc(C#CC3CCC[C-]3C)cc2nc1C.[Fe+2]. The first-order valence-electron chi connectivity index (χ1n) is 9.93. The van der Waals surface area contributed by atoms with Gasteiger partial charge in [0.2, 0.25) is 0 Å². The van der Waals surface area contributed by atoms with Gasteiger partial charge < -0.3 is 11.8 Å². The van der Waals surface area contributed by atoms with Crippen LogP contribution in [-0.4, -0.2) is 9.97 Å². The molecule has 0 bridgehead atoms. The Balaban J connectivity index is 0.000000320. The van der Waals surface area contributed by atoms with Crippen molar-refractivity contribution in [3.8, 4) is 11.8 Å². The van der Waals surface area contributed by atoms with E-state index in [2.05, 4.69) is 35.7 Å². The van der Waals surface area contributed by atoms with Gasteiger partial charge in [0.05, 0.1) is 22.4 Å². The number of fused-ring (bicyclic) bond motifs is 1. The van der Waals surface area contributed by atoms with E-state index < -0.39 is 0 Å². The maximum atomic E-state index is 4.60.